The van der Waals surface area contributed by atoms with Gasteiger partial charge in [0.15, 0.2) is 0 Å². The second kappa shape index (κ2) is 7.99. The number of hydrogen-bond donors (Lipinski definition) is 0. The highest BCUT2D eigenvalue weighted by molar-refractivity contribution is 6.10. The first-order chi connectivity index (χ1) is 17.3. The lowest BCUT2D eigenvalue weighted by Crippen LogP contribution is -1.99. The van der Waals surface area contributed by atoms with Gasteiger partial charge in [-0.05, 0) is 82.1 Å². The minimum Gasteiger partial charge on any atom is -0.309 e. The summed E-state index contributed by atoms with van der Waals surface area (Å²) in [5.74, 6) is 0. The molecule has 0 saturated carbocycles. The molecule has 0 fully saturated rings. The van der Waals surface area contributed by atoms with Crippen LogP contribution in [-0.2, 0) is 12.8 Å². The fourth-order valence-electron chi connectivity index (χ4n) is 5.93. The van der Waals surface area contributed by atoms with Gasteiger partial charge in [0, 0.05) is 16.5 Å². The molecule has 1 heterocycles. The highest BCUT2D eigenvalue weighted by atomic mass is 15.0. The van der Waals surface area contributed by atoms with E-state index in [9.17, 15) is 0 Å². The Bertz CT molecular complexity index is 1730. The maximum absolute atomic E-state index is 2.46. The Morgan fingerprint density at radius 2 is 1.31 bits per heavy atom. The third-order valence-electron chi connectivity index (χ3n) is 7.56. The summed E-state index contributed by atoms with van der Waals surface area (Å²) < 4.78 is 2.46. The van der Waals surface area contributed by atoms with Crippen molar-refractivity contribution < 1.29 is 0 Å². The third-order valence-corrected chi connectivity index (χ3v) is 7.56. The van der Waals surface area contributed by atoms with E-state index in [-0.39, 0.29) is 0 Å². The van der Waals surface area contributed by atoms with Crippen LogP contribution < -0.4 is 0 Å². The molecule has 6 aromatic rings. The maximum atomic E-state index is 2.46. The molecule has 0 N–H and O–H groups in total. The summed E-state index contributed by atoms with van der Waals surface area (Å²) in [4.78, 5) is 0. The molecule has 0 unspecified atom stereocenters. The predicted octanol–water partition coefficient (Wildman–Crippen LogP) is 8.97. The van der Waals surface area contributed by atoms with Crippen molar-refractivity contribution in [1.29, 1.82) is 0 Å². The molecular formula is C34H27N. The van der Waals surface area contributed by atoms with Crippen LogP contribution in [0, 0.1) is 0 Å². The molecule has 0 saturated heterocycles. The zero-order chi connectivity index (χ0) is 23.4. The van der Waals surface area contributed by atoms with Gasteiger partial charge in [-0.15, -0.1) is 0 Å². The zero-order valence-electron chi connectivity index (χ0n) is 20.0. The molecule has 1 nitrogen and oxygen atoms in total. The fraction of sp³-hybridized carbons (Fsp3) is 0.118. The second-order valence-corrected chi connectivity index (χ2v) is 9.67. The largest absolute Gasteiger partial charge is 0.309 e. The van der Waals surface area contributed by atoms with E-state index in [0.29, 0.717) is 0 Å². The summed E-state index contributed by atoms with van der Waals surface area (Å²) in [6, 6.07) is 40.5. The van der Waals surface area contributed by atoms with Crippen LogP contribution in [0.4, 0.5) is 0 Å². The lowest BCUT2D eigenvalue weighted by molar-refractivity contribution is 0.909. The van der Waals surface area contributed by atoms with Gasteiger partial charge in [0.05, 0.1) is 11.0 Å². The number of para-hydroxylation sites is 2. The minimum absolute atomic E-state index is 1.04. The van der Waals surface area contributed by atoms with Crippen LogP contribution >= 0.6 is 0 Å². The number of aromatic nitrogens is 1. The molecule has 1 aliphatic carbocycles. The molecule has 1 heteroatoms. The highest BCUT2D eigenvalue weighted by Crippen LogP contribution is 2.40. The summed E-state index contributed by atoms with van der Waals surface area (Å²) in [6.45, 7) is 2.25. The van der Waals surface area contributed by atoms with Crippen molar-refractivity contribution in [3.63, 3.8) is 0 Å². The summed E-state index contributed by atoms with van der Waals surface area (Å²) in [5.41, 5.74) is 13.4. The first-order valence-corrected chi connectivity index (χ1v) is 12.6. The van der Waals surface area contributed by atoms with Gasteiger partial charge in [-0.25, -0.2) is 0 Å². The van der Waals surface area contributed by atoms with E-state index >= 15 is 0 Å². The molecule has 0 bridgehead atoms. The lowest BCUT2D eigenvalue weighted by atomic mass is 9.97. The van der Waals surface area contributed by atoms with Crippen molar-refractivity contribution in [2.45, 2.75) is 26.2 Å². The molecule has 1 aromatic heterocycles. The van der Waals surface area contributed by atoms with Gasteiger partial charge < -0.3 is 4.57 Å². The molecule has 168 valence electrons. The molecule has 35 heavy (non-hydrogen) atoms. The first-order valence-electron chi connectivity index (χ1n) is 12.6. The van der Waals surface area contributed by atoms with E-state index in [1.165, 1.54) is 66.4 Å². The van der Waals surface area contributed by atoms with Gasteiger partial charge in [0.25, 0.3) is 0 Å². The van der Waals surface area contributed by atoms with Gasteiger partial charge in [0.2, 0.25) is 0 Å². The van der Waals surface area contributed by atoms with E-state index in [4.69, 9.17) is 0 Å². The molecule has 0 atom stereocenters. The van der Waals surface area contributed by atoms with Crippen LogP contribution in [0.2, 0.25) is 0 Å². The van der Waals surface area contributed by atoms with Crippen LogP contribution in [0.5, 0.6) is 0 Å². The van der Waals surface area contributed by atoms with Crippen molar-refractivity contribution in [2.24, 2.45) is 0 Å². The van der Waals surface area contributed by atoms with Crippen molar-refractivity contribution in [3.05, 3.63) is 126 Å². The fourth-order valence-corrected chi connectivity index (χ4v) is 5.93. The van der Waals surface area contributed by atoms with Crippen LogP contribution in [-0.4, -0.2) is 4.57 Å². The number of hydrogen-bond acceptors (Lipinski definition) is 0. The van der Waals surface area contributed by atoms with Crippen molar-refractivity contribution in [2.75, 3.05) is 0 Å². The molecular weight excluding hydrogens is 422 g/mol. The van der Waals surface area contributed by atoms with Crippen LogP contribution in [0.1, 0.15) is 30.0 Å². The second-order valence-electron chi connectivity index (χ2n) is 9.67. The Morgan fingerprint density at radius 3 is 2.26 bits per heavy atom. The number of rotatable bonds is 4. The lowest BCUT2D eigenvalue weighted by Gasteiger charge is -2.13. The number of nitrogens with zero attached hydrogens (tertiary/aromatic N) is 1. The van der Waals surface area contributed by atoms with E-state index in [0.717, 1.165) is 19.3 Å². The highest BCUT2D eigenvalue weighted by Gasteiger charge is 2.19. The van der Waals surface area contributed by atoms with Crippen LogP contribution in [0.15, 0.2) is 109 Å². The smallest absolute Gasteiger partial charge is 0.0541 e. The first kappa shape index (κ1) is 20.3. The summed E-state index contributed by atoms with van der Waals surface area (Å²) in [5, 5.41) is 2.62. The predicted molar refractivity (Wildman–Crippen MR) is 148 cm³/mol. The van der Waals surface area contributed by atoms with Gasteiger partial charge in [-0.1, -0.05) is 92.2 Å². The molecule has 1 aliphatic rings. The van der Waals surface area contributed by atoms with Gasteiger partial charge in [-0.3, -0.25) is 0 Å². The van der Waals surface area contributed by atoms with Crippen LogP contribution in [0.25, 0.3) is 49.7 Å². The molecule has 0 aliphatic heterocycles. The SMILES string of the molecule is CCCc1ccccc1-n1c2ccccc2c2cc(-c3ccc4c(c3)-c3ccccc3C4)ccc21. The van der Waals surface area contributed by atoms with E-state index in [2.05, 4.69) is 121 Å². The molecule has 0 spiro atoms. The van der Waals surface area contributed by atoms with Gasteiger partial charge in [-0.2, -0.15) is 0 Å². The average Bonchev–Trinajstić information content (AvgIpc) is 3.44. The average molecular weight is 450 g/mol. The molecule has 5 aromatic carbocycles. The number of fused-ring (bicyclic) bond motifs is 6. The Labute approximate surface area is 206 Å². The van der Waals surface area contributed by atoms with E-state index in [1.54, 1.807) is 0 Å². The monoisotopic (exact) mass is 449 g/mol. The molecule has 0 radical (unpaired) electrons. The Kier molecular flexibility index (Phi) is 4.63. The summed E-state index contributed by atoms with van der Waals surface area (Å²) in [7, 11) is 0. The van der Waals surface area contributed by atoms with Crippen molar-refractivity contribution in [1.82, 2.24) is 4.57 Å². The standard InChI is InChI=1S/C34H27N/c1-2-9-23-10-4-7-14-32(23)35-33-15-8-6-13-29(33)31-22-25(18-19-34(31)35)24-16-17-27-20-26-11-3-5-12-28(26)30(27)21-24/h3-8,10-19,21-22H,2,9,20H2,1H3. The summed E-state index contributed by atoms with van der Waals surface area (Å²) >= 11 is 0. The van der Waals surface area contributed by atoms with Crippen molar-refractivity contribution in [3.8, 4) is 27.9 Å². The molecule has 0 amide bonds. The van der Waals surface area contributed by atoms with Gasteiger partial charge >= 0.3 is 0 Å². The van der Waals surface area contributed by atoms with E-state index < -0.39 is 0 Å². The van der Waals surface area contributed by atoms with Gasteiger partial charge in [0.1, 0.15) is 0 Å². The Balaban J connectivity index is 1.43. The quantitative estimate of drug-likeness (QED) is 0.253. The number of benzene rings is 5. The Hall–Kier alpha value is -4.10. The van der Waals surface area contributed by atoms with Crippen molar-refractivity contribution >= 4 is 21.8 Å². The van der Waals surface area contributed by atoms with Crippen LogP contribution in [0.3, 0.4) is 0 Å². The minimum atomic E-state index is 1.04. The molecule has 7 rings (SSSR count). The topological polar surface area (TPSA) is 4.93 Å². The maximum Gasteiger partial charge on any atom is 0.0541 e. The number of aryl methyl sites for hydroxylation is 1. The van der Waals surface area contributed by atoms with E-state index in [1.807, 2.05) is 0 Å². The normalized spacial score (nSPS) is 12.3. The zero-order valence-corrected chi connectivity index (χ0v) is 20.0. The summed E-state index contributed by atoms with van der Waals surface area (Å²) in [6.07, 6.45) is 3.26. The Morgan fingerprint density at radius 1 is 0.600 bits per heavy atom. The third kappa shape index (κ3) is 3.15.